The highest BCUT2D eigenvalue weighted by Crippen LogP contribution is 2.36. The van der Waals surface area contributed by atoms with Crippen LogP contribution in [0.5, 0.6) is 5.75 Å². The number of nitrogens with one attached hydrogen (secondary N) is 1. The van der Waals surface area contributed by atoms with Gasteiger partial charge in [0.1, 0.15) is 30.1 Å². The number of ether oxygens (including phenoxy) is 3. The number of carbonyl (C=O) groups excluding carboxylic acids is 1. The summed E-state index contributed by atoms with van der Waals surface area (Å²) in [6.07, 6.45) is 13.7. The van der Waals surface area contributed by atoms with E-state index in [0.717, 1.165) is 42.0 Å². The Labute approximate surface area is 203 Å². The molecular formula is C28H27NO6. The first-order valence-electron chi connectivity index (χ1n) is 11.8. The highest BCUT2D eigenvalue weighted by atomic mass is 16.6. The Morgan fingerprint density at radius 3 is 2.63 bits per heavy atom. The normalized spacial score (nSPS) is 19.2. The maximum Gasteiger partial charge on any atom is 0.329 e. The fourth-order valence-corrected chi connectivity index (χ4v) is 4.87. The van der Waals surface area contributed by atoms with Gasteiger partial charge in [-0.25, -0.2) is 4.79 Å². The minimum Gasteiger partial charge on any atom is -0.480 e. The van der Waals surface area contributed by atoms with Crippen molar-refractivity contribution >= 4 is 22.6 Å². The van der Waals surface area contributed by atoms with E-state index in [9.17, 15) is 14.7 Å². The number of carboxylic acids is 1. The maximum absolute atomic E-state index is 13.5. The number of allylic oxidation sites excluding steroid dienone is 3. The Morgan fingerprint density at radius 2 is 1.91 bits per heavy atom. The summed E-state index contributed by atoms with van der Waals surface area (Å²) in [5, 5.41) is 14.4. The average Bonchev–Trinajstić information content (AvgIpc) is 3.38. The number of rotatable bonds is 7. The summed E-state index contributed by atoms with van der Waals surface area (Å²) in [5.74, 6) is -0.640. The minimum absolute atomic E-state index is 0.279. The Bertz CT molecular complexity index is 1270. The van der Waals surface area contributed by atoms with Crippen LogP contribution in [0.15, 0.2) is 84.7 Å². The smallest absolute Gasteiger partial charge is 0.329 e. The lowest BCUT2D eigenvalue weighted by Crippen LogP contribution is -2.52. The first-order valence-corrected chi connectivity index (χ1v) is 11.8. The third-order valence-corrected chi connectivity index (χ3v) is 6.74. The summed E-state index contributed by atoms with van der Waals surface area (Å²) < 4.78 is 17.7. The van der Waals surface area contributed by atoms with Gasteiger partial charge in [0, 0.05) is 5.39 Å². The number of amides is 1. The Hall–Kier alpha value is -4.00. The fourth-order valence-electron chi connectivity index (χ4n) is 4.87. The predicted molar refractivity (Wildman–Crippen MR) is 131 cm³/mol. The number of benzene rings is 2. The number of carboxylic acid groups (broad SMARTS) is 1. The van der Waals surface area contributed by atoms with Crippen LogP contribution in [-0.2, 0) is 14.3 Å². The number of hydrogen-bond acceptors (Lipinski definition) is 5. The average molecular weight is 474 g/mol. The third-order valence-electron chi connectivity index (χ3n) is 6.74. The predicted octanol–water partition coefficient (Wildman–Crippen LogP) is 5.35. The fraction of sp³-hybridized carbons (Fsp3) is 0.286. The molecular weight excluding hydrogens is 446 g/mol. The van der Waals surface area contributed by atoms with Crippen molar-refractivity contribution in [2.24, 2.45) is 0 Å². The molecule has 1 atom stereocenters. The molecule has 2 aromatic carbocycles. The molecule has 0 spiro atoms. The largest absolute Gasteiger partial charge is 0.480 e. The Kier molecular flexibility index (Phi) is 6.31. The number of hydrogen-bond donors (Lipinski definition) is 2. The van der Waals surface area contributed by atoms with Crippen LogP contribution in [0, 0.1) is 0 Å². The van der Waals surface area contributed by atoms with Gasteiger partial charge >= 0.3 is 5.97 Å². The number of aliphatic carboxylic acids is 1. The van der Waals surface area contributed by atoms with Crippen LogP contribution in [0.3, 0.4) is 0 Å². The molecule has 3 aliphatic rings. The van der Waals surface area contributed by atoms with E-state index in [0.29, 0.717) is 24.4 Å². The first-order chi connectivity index (χ1) is 17.1. The molecule has 35 heavy (non-hydrogen) atoms. The van der Waals surface area contributed by atoms with E-state index in [2.05, 4.69) is 11.4 Å². The highest BCUT2D eigenvalue weighted by molar-refractivity contribution is 6.05. The molecule has 1 saturated carbocycles. The summed E-state index contributed by atoms with van der Waals surface area (Å²) in [5.41, 5.74) is -0.000194. The third kappa shape index (κ3) is 4.54. The molecule has 180 valence electrons. The summed E-state index contributed by atoms with van der Waals surface area (Å²) in [7, 11) is 0. The second-order valence-electron chi connectivity index (χ2n) is 8.96. The van der Waals surface area contributed by atoms with E-state index >= 15 is 0 Å². The maximum atomic E-state index is 13.5. The molecule has 0 aromatic heterocycles. The minimum atomic E-state index is -1.26. The van der Waals surface area contributed by atoms with Crippen molar-refractivity contribution in [1.29, 1.82) is 0 Å². The zero-order chi connectivity index (χ0) is 24.3. The van der Waals surface area contributed by atoms with Gasteiger partial charge < -0.3 is 24.6 Å². The van der Waals surface area contributed by atoms with Crippen molar-refractivity contribution in [3.05, 3.63) is 90.3 Å². The standard InChI is InChI=1S/C28H27NO6/c30-26(29-28(27(31)32)14-6-7-15-28)22-13-12-19-8-4-5-11-21(19)25(22)35-24(20-9-2-1-3-10-20)23-18-33-16-17-34-23/h1-2,4-5,8-9,11-13,16-18,24H,3,6-7,10,14-15H2,(H,29,30)(H,31,32). The van der Waals surface area contributed by atoms with Gasteiger partial charge in [-0.3, -0.25) is 4.79 Å². The van der Waals surface area contributed by atoms with Crippen molar-refractivity contribution in [2.75, 3.05) is 0 Å². The first kappa shape index (κ1) is 22.8. The van der Waals surface area contributed by atoms with Crippen LogP contribution in [0.2, 0.25) is 0 Å². The second-order valence-corrected chi connectivity index (χ2v) is 8.96. The molecule has 7 nitrogen and oxygen atoms in total. The van der Waals surface area contributed by atoms with Crippen molar-refractivity contribution in [1.82, 2.24) is 5.32 Å². The molecule has 0 radical (unpaired) electrons. The van der Waals surface area contributed by atoms with Gasteiger partial charge in [-0.05, 0) is 42.7 Å². The van der Waals surface area contributed by atoms with Crippen molar-refractivity contribution in [3.8, 4) is 5.75 Å². The topological polar surface area (TPSA) is 94.1 Å². The van der Waals surface area contributed by atoms with Gasteiger partial charge in [-0.15, -0.1) is 0 Å². The molecule has 2 aromatic rings. The molecule has 5 rings (SSSR count). The monoisotopic (exact) mass is 473 g/mol. The summed E-state index contributed by atoms with van der Waals surface area (Å²) in [6.45, 7) is 0. The zero-order valence-corrected chi connectivity index (χ0v) is 19.2. The van der Waals surface area contributed by atoms with Crippen LogP contribution in [0.1, 0.15) is 48.9 Å². The van der Waals surface area contributed by atoms with Gasteiger partial charge in [-0.2, -0.15) is 0 Å². The van der Waals surface area contributed by atoms with Gasteiger partial charge in [0.2, 0.25) is 0 Å². The number of carbonyl (C=O) groups is 2. The van der Waals surface area contributed by atoms with E-state index in [-0.39, 0.29) is 5.56 Å². The lowest BCUT2D eigenvalue weighted by molar-refractivity contribution is -0.144. The number of fused-ring (bicyclic) bond motifs is 1. The molecule has 1 amide bonds. The molecule has 2 aliphatic carbocycles. The van der Waals surface area contributed by atoms with Gasteiger partial charge in [0.05, 0.1) is 5.56 Å². The quantitative estimate of drug-likeness (QED) is 0.563. The zero-order valence-electron chi connectivity index (χ0n) is 19.2. The lowest BCUT2D eigenvalue weighted by Gasteiger charge is -2.28. The van der Waals surface area contributed by atoms with Crippen LogP contribution in [-0.4, -0.2) is 28.6 Å². The second kappa shape index (κ2) is 9.70. The molecule has 2 N–H and O–H groups in total. The van der Waals surface area contributed by atoms with E-state index in [4.69, 9.17) is 14.2 Å². The molecule has 0 bridgehead atoms. The molecule has 1 aliphatic heterocycles. The van der Waals surface area contributed by atoms with E-state index in [1.807, 2.05) is 42.5 Å². The lowest BCUT2D eigenvalue weighted by atomic mass is 9.96. The summed E-state index contributed by atoms with van der Waals surface area (Å²) in [4.78, 5) is 25.6. The summed E-state index contributed by atoms with van der Waals surface area (Å²) in [6, 6.07) is 11.2. The van der Waals surface area contributed by atoms with Gasteiger partial charge in [0.15, 0.2) is 11.9 Å². The van der Waals surface area contributed by atoms with Gasteiger partial charge in [-0.1, -0.05) is 61.4 Å². The molecule has 0 saturated heterocycles. The van der Waals surface area contributed by atoms with Crippen LogP contribution < -0.4 is 10.1 Å². The molecule has 1 unspecified atom stereocenters. The van der Waals surface area contributed by atoms with E-state index in [1.54, 1.807) is 6.07 Å². The van der Waals surface area contributed by atoms with Crippen LogP contribution >= 0.6 is 0 Å². The Balaban J connectivity index is 1.57. The van der Waals surface area contributed by atoms with Crippen molar-refractivity contribution < 1.29 is 28.9 Å². The Morgan fingerprint density at radius 1 is 1.09 bits per heavy atom. The van der Waals surface area contributed by atoms with E-state index < -0.39 is 23.5 Å². The van der Waals surface area contributed by atoms with Gasteiger partial charge in [0.25, 0.3) is 5.91 Å². The molecule has 7 heteroatoms. The van der Waals surface area contributed by atoms with Crippen LogP contribution in [0.4, 0.5) is 0 Å². The van der Waals surface area contributed by atoms with Crippen molar-refractivity contribution in [2.45, 2.75) is 50.2 Å². The van der Waals surface area contributed by atoms with E-state index in [1.165, 1.54) is 18.8 Å². The molecule has 1 fully saturated rings. The van der Waals surface area contributed by atoms with Crippen LogP contribution in [0.25, 0.3) is 10.8 Å². The van der Waals surface area contributed by atoms with Crippen molar-refractivity contribution in [3.63, 3.8) is 0 Å². The molecule has 1 heterocycles. The summed E-state index contributed by atoms with van der Waals surface area (Å²) >= 11 is 0. The highest BCUT2D eigenvalue weighted by Gasteiger charge is 2.43. The SMILES string of the molecule is O=C(NC1(C(=O)O)CCCC1)c1ccc2ccccc2c1OC(C1=CC=CCC1)C1=COC=CO1.